The van der Waals surface area contributed by atoms with Crippen molar-refractivity contribution in [3.63, 3.8) is 0 Å². The van der Waals surface area contributed by atoms with Crippen LogP contribution in [0.4, 0.5) is 0 Å². The van der Waals surface area contributed by atoms with Crippen molar-refractivity contribution in [2.45, 2.75) is 13.2 Å². The molecular weight excluding hydrogens is 124 g/mol. The molecule has 0 amide bonds. The van der Waals surface area contributed by atoms with Crippen molar-refractivity contribution in [2.75, 3.05) is 14.2 Å². The summed E-state index contributed by atoms with van der Waals surface area (Å²) in [6.45, 7) is 1.78. The predicted octanol–water partition coefficient (Wildman–Crippen LogP) is 0.995. The Morgan fingerprint density at radius 3 is 1.75 bits per heavy atom. The first-order valence-electron chi connectivity index (χ1n) is 2.28. The SMILES string of the molecule is COC(OC)C(C)=S. The smallest absolute Gasteiger partial charge is 0.189 e. The monoisotopic (exact) mass is 134 g/mol. The van der Waals surface area contributed by atoms with Crippen molar-refractivity contribution >= 4 is 17.1 Å². The molecule has 0 radical (unpaired) electrons. The molecule has 0 aliphatic carbocycles. The molecule has 2 nitrogen and oxygen atoms in total. The van der Waals surface area contributed by atoms with Gasteiger partial charge in [-0.05, 0) is 6.92 Å². The van der Waals surface area contributed by atoms with Gasteiger partial charge in [0.25, 0.3) is 0 Å². The van der Waals surface area contributed by atoms with Gasteiger partial charge in [-0.3, -0.25) is 0 Å². The molecule has 0 fully saturated rings. The summed E-state index contributed by atoms with van der Waals surface area (Å²) >= 11 is 4.77. The number of hydrogen-bond donors (Lipinski definition) is 0. The highest BCUT2D eigenvalue weighted by Crippen LogP contribution is 1.92. The van der Waals surface area contributed by atoms with E-state index in [0.29, 0.717) is 0 Å². The highest BCUT2D eigenvalue weighted by molar-refractivity contribution is 7.80. The molecule has 0 rings (SSSR count). The van der Waals surface area contributed by atoms with Gasteiger partial charge in [-0.15, -0.1) is 0 Å². The number of thiocarbonyl (C=S) groups is 1. The van der Waals surface area contributed by atoms with E-state index in [-0.39, 0.29) is 6.29 Å². The molecular formula is C5H10O2S. The van der Waals surface area contributed by atoms with Gasteiger partial charge in [-0.1, -0.05) is 12.2 Å². The van der Waals surface area contributed by atoms with Gasteiger partial charge < -0.3 is 9.47 Å². The number of rotatable bonds is 3. The van der Waals surface area contributed by atoms with E-state index in [1.807, 2.05) is 0 Å². The van der Waals surface area contributed by atoms with Crippen molar-refractivity contribution in [3.05, 3.63) is 0 Å². The molecule has 0 spiro atoms. The van der Waals surface area contributed by atoms with Crippen LogP contribution in [0.1, 0.15) is 6.92 Å². The fourth-order valence-electron chi connectivity index (χ4n) is 0.428. The maximum Gasteiger partial charge on any atom is 0.189 e. The van der Waals surface area contributed by atoms with E-state index >= 15 is 0 Å². The average molecular weight is 134 g/mol. The topological polar surface area (TPSA) is 18.5 Å². The first-order valence-corrected chi connectivity index (χ1v) is 2.69. The number of ether oxygens (including phenoxy) is 2. The number of methoxy groups -OCH3 is 2. The second kappa shape index (κ2) is 3.95. The summed E-state index contributed by atoms with van der Waals surface area (Å²) in [5.74, 6) is 0. The van der Waals surface area contributed by atoms with Gasteiger partial charge in [0.15, 0.2) is 6.29 Å². The van der Waals surface area contributed by atoms with E-state index in [0.717, 1.165) is 4.86 Å². The van der Waals surface area contributed by atoms with E-state index < -0.39 is 0 Å². The van der Waals surface area contributed by atoms with E-state index in [1.54, 1.807) is 21.1 Å². The molecule has 8 heavy (non-hydrogen) atoms. The third-order valence-corrected chi connectivity index (χ3v) is 0.953. The Labute approximate surface area is 54.8 Å². The minimum Gasteiger partial charge on any atom is -0.351 e. The standard InChI is InChI=1S/C5H10O2S/c1-4(8)5(6-2)7-3/h5H,1-3H3. The lowest BCUT2D eigenvalue weighted by Crippen LogP contribution is -2.19. The molecule has 0 aliphatic rings. The normalized spacial score (nSPS) is 10.0. The van der Waals surface area contributed by atoms with Gasteiger partial charge in [0.2, 0.25) is 0 Å². The van der Waals surface area contributed by atoms with E-state index in [2.05, 4.69) is 0 Å². The minimum absolute atomic E-state index is 0.315. The van der Waals surface area contributed by atoms with Crippen LogP contribution in [0.25, 0.3) is 0 Å². The van der Waals surface area contributed by atoms with Crippen molar-refractivity contribution in [1.29, 1.82) is 0 Å². The predicted molar refractivity (Wildman–Crippen MR) is 36.1 cm³/mol. The molecule has 0 unspecified atom stereocenters. The zero-order chi connectivity index (χ0) is 6.57. The summed E-state index contributed by atoms with van der Waals surface area (Å²) in [5.41, 5.74) is 0. The summed E-state index contributed by atoms with van der Waals surface area (Å²) in [4.78, 5) is 0.718. The van der Waals surface area contributed by atoms with Gasteiger partial charge in [0.05, 0.1) is 0 Å². The van der Waals surface area contributed by atoms with E-state index in [9.17, 15) is 0 Å². The van der Waals surface area contributed by atoms with Crippen LogP contribution in [-0.2, 0) is 9.47 Å². The average Bonchev–Trinajstić information content (AvgIpc) is 1.69. The Balaban J connectivity index is 3.52. The minimum atomic E-state index is -0.315. The molecule has 0 aromatic carbocycles. The third kappa shape index (κ3) is 2.35. The van der Waals surface area contributed by atoms with Crippen LogP contribution >= 0.6 is 12.2 Å². The summed E-state index contributed by atoms with van der Waals surface area (Å²) < 4.78 is 9.59. The van der Waals surface area contributed by atoms with Crippen molar-refractivity contribution in [2.24, 2.45) is 0 Å². The molecule has 0 aromatic rings. The summed E-state index contributed by atoms with van der Waals surface area (Å²) in [6, 6.07) is 0. The lowest BCUT2D eigenvalue weighted by molar-refractivity contribution is -0.0505. The third-order valence-electron chi connectivity index (χ3n) is 0.760. The van der Waals surface area contributed by atoms with Gasteiger partial charge in [-0.2, -0.15) is 0 Å². The van der Waals surface area contributed by atoms with Gasteiger partial charge in [0.1, 0.15) is 0 Å². The molecule has 0 heterocycles. The molecule has 0 aromatic heterocycles. The quantitative estimate of drug-likeness (QED) is 0.423. The number of hydrogen-bond acceptors (Lipinski definition) is 3. The second-order valence-corrected chi connectivity index (χ2v) is 2.06. The Kier molecular flexibility index (Phi) is 3.95. The van der Waals surface area contributed by atoms with Crippen molar-refractivity contribution in [1.82, 2.24) is 0 Å². The van der Waals surface area contributed by atoms with Crippen LogP contribution in [0.15, 0.2) is 0 Å². The molecule has 48 valence electrons. The molecule has 0 atom stereocenters. The summed E-state index contributed by atoms with van der Waals surface area (Å²) in [5, 5.41) is 0. The molecule has 0 bridgehead atoms. The van der Waals surface area contributed by atoms with Gasteiger partial charge in [0, 0.05) is 19.1 Å². The highest BCUT2D eigenvalue weighted by atomic mass is 32.1. The molecule has 3 heteroatoms. The van der Waals surface area contributed by atoms with Gasteiger partial charge in [-0.25, -0.2) is 0 Å². The van der Waals surface area contributed by atoms with E-state index in [4.69, 9.17) is 21.7 Å². The molecule has 0 saturated heterocycles. The van der Waals surface area contributed by atoms with Crippen LogP contribution < -0.4 is 0 Å². The van der Waals surface area contributed by atoms with Crippen LogP contribution in [0.3, 0.4) is 0 Å². The lowest BCUT2D eigenvalue weighted by Gasteiger charge is -2.09. The Hall–Kier alpha value is 0.01000. The maximum atomic E-state index is 4.80. The van der Waals surface area contributed by atoms with E-state index in [1.165, 1.54) is 0 Å². The van der Waals surface area contributed by atoms with Crippen LogP contribution in [0.2, 0.25) is 0 Å². The lowest BCUT2D eigenvalue weighted by atomic mass is 10.5. The first kappa shape index (κ1) is 8.01. The van der Waals surface area contributed by atoms with Crippen molar-refractivity contribution < 1.29 is 9.47 Å². The molecule has 0 aliphatic heterocycles. The summed E-state index contributed by atoms with van der Waals surface area (Å²) in [7, 11) is 3.12. The fourth-order valence-corrected chi connectivity index (χ4v) is 0.621. The summed E-state index contributed by atoms with van der Waals surface area (Å²) in [6.07, 6.45) is -0.315. The zero-order valence-corrected chi connectivity index (χ0v) is 6.12. The fraction of sp³-hybridized carbons (Fsp3) is 0.800. The van der Waals surface area contributed by atoms with Crippen molar-refractivity contribution in [3.8, 4) is 0 Å². The largest absolute Gasteiger partial charge is 0.351 e. The highest BCUT2D eigenvalue weighted by Gasteiger charge is 2.04. The maximum absolute atomic E-state index is 4.80. The second-order valence-electron chi connectivity index (χ2n) is 1.41. The molecule has 0 N–H and O–H groups in total. The van der Waals surface area contributed by atoms with Crippen LogP contribution in [-0.4, -0.2) is 25.4 Å². The zero-order valence-electron chi connectivity index (χ0n) is 5.30. The Bertz CT molecular complexity index is 78.5. The van der Waals surface area contributed by atoms with Gasteiger partial charge >= 0.3 is 0 Å². The Morgan fingerprint density at radius 1 is 1.38 bits per heavy atom. The Morgan fingerprint density at radius 2 is 1.75 bits per heavy atom. The van der Waals surface area contributed by atoms with Crippen LogP contribution in [0, 0.1) is 0 Å². The first-order chi connectivity index (χ1) is 3.72. The van der Waals surface area contributed by atoms with Crippen LogP contribution in [0.5, 0.6) is 0 Å². The molecule has 0 saturated carbocycles.